The molecule has 3 aromatic rings. The molecule has 1 aromatic carbocycles. The Morgan fingerprint density at radius 2 is 1.88 bits per heavy atom. The van der Waals surface area contributed by atoms with Crippen LogP contribution in [0.1, 0.15) is 59.8 Å². The summed E-state index contributed by atoms with van der Waals surface area (Å²) in [6.45, 7) is 4.44. The quantitative estimate of drug-likeness (QED) is 0.331. The molecule has 0 aliphatic carbocycles. The van der Waals surface area contributed by atoms with Gasteiger partial charge in [0.15, 0.2) is 11.6 Å². The minimum Gasteiger partial charge on any atom is -0.478 e. The number of carboxylic acids is 1. The first kappa shape index (κ1) is 28.9. The summed E-state index contributed by atoms with van der Waals surface area (Å²) in [5, 5.41) is 14.1. The molecule has 0 atom stereocenters. The molecule has 5 rings (SSSR count). The Balaban J connectivity index is 1.29. The average Bonchev–Trinajstić information content (AvgIpc) is 3.42. The van der Waals surface area contributed by atoms with Crippen LogP contribution in [0.2, 0.25) is 5.15 Å². The molecule has 0 radical (unpaired) electrons. The number of hydrogen-bond donors (Lipinski definition) is 1. The number of nitrogens with zero attached hydrogens (tertiary/aromatic N) is 5. The van der Waals surface area contributed by atoms with Crippen molar-refractivity contribution in [2.75, 3.05) is 24.5 Å². The van der Waals surface area contributed by atoms with Crippen molar-refractivity contribution in [1.29, 1.82) is 0 Å². The number of aromatic nitrogens is 3. The first-order valence-electron chi connectivity index (χ1n) is 13.4. The van der Waals surface area contributed by atoms with Gasteiger partial charge in [0, 0.05) is 63.3 Å². The van der Waals surface area contributed by atoms with E-state index < -0.39 is 35.1 Å². The molecule has 41 heavy (non-hydrogen) atoms. The first-order chi connectivity index (χ1) is 19.6. The Bertz CT molecular complexity index is 1460. The van der Waals surface area contributed by atoms with Gasteiger partial charge >= 0.3 is 12.1 Å². The molecule has 2 fully saturated rings. The second kappa shape index (κ2) is 11.7. The molecule has 2 aliphatic heterocycles. The van der Waals surface area contributed by atoms with Crippen molar-refractivity contribution in [3.05, 3.63) is 75.5 Å². The number of carbonyl (C=O) groups excluding carboxylic acids is 1. The van der Waals surface area contributed by atoms with Crippen molar-refractivity contribution < 1.29 is 32.6 Å². The van der Waals surface area contributed by atoms with Crippen molar-refractivity contribution in [2.45, 2.75) is 57.7 Å². The van der Waals surface area contributed by atoms with Crippen LogP contribution in [0.5, 0.6) is 0 Å². The van der Waals surface area contributed by atoms with Gasteiger partial charge in [-0.2, -0.15) is 5.10 Å². The number of aromatic carboxylic acids is 1. The number of pyridine rings is 1. The number of hydrogen-bond acceptors (Lipinski definition) is 6. The van der Waals surface area contributed by atoms with E-state index in [4.69, 9.17) is 21.4 Å². The maximum atomic E-state index is 14.5. The monoisotopic (exact) mass is 591 g/mol. The lowest BCUT2D eigenvalue weighted by molar-refractivity contribution is -0.00102. The number of ether oxygens (including phenoxy) is 1. The highest BCUT2D eigenvalue weighted by atomic mass is 35.5. The standard InChI is InChI=1S/C28H29ClF3N5O4/c1-2-3-8-37-25(29)19(23(34-37)12-18-11-21(31)22(32)13-20(18)30)15-35-9-6-28(7-10-35)16-36(27(40)41-28)24-5-4-17(14-33-24)26(38)39/h4-5,11,13-14H,2-3,6-10,12,15-16H2,1H3,(H,38,39). The number of carboxylic acid groups (broad SMARTS) is 1. The van der Waals surface area contributed by atoms with E-state index in [0.717, 1.165) is 18.9 Å². The molecule has 0 unspecified atom stereocenters. The summed E-state index contributed by atoms with van der Waals surface area (Å²) in [5.74, 6) is -4.02. The smallest absolute Gasteiger partial charge is 0.416 e. The van der Waals surface area contributed by atoms with E-state index in [0.29, 0.717) is 67.3 Å². The third kappa shape index (κ3) is 6.03. The molecule has 1 spiro atoms. The number of piperidine rings is 1. The van der Waals surface area contributed by atoms with Gasteiger partial charge in [-0.15, -0.1) is 0 Å². The average molecular weight is 592 g/mol. The largest absolute Gasteiger partial charge is 0.478 e. The molecule has 1 amide bonds. The zero-order valence-electron chi connectivity index (χ0n) is 22.4. The summed E-state index contributed by atoms with van der Waals surface area (Å²) < 4.78 is 49.3. The molecule has 2 aromatic heterocycles. The van der Waals surface area contributed by atoms with Gasteiger partial charge in [0.25, 0.3) is 0 Å². The van der Waals surface area contributed by atoms with Gasteiger partial charge in [-0.25, -0.2) is 27.7 Å². The Morgan fingerprint density at radius 3 is 2.54 bits per heavy atom. The van der Waals surface area contributed by atoms with Gasteiger partial charge in [0.2, 0.25) is 0 Å². The third-order valence-electron chi connectivity index (χ3n) is 7.63. The van der Waals surface area contributed by atoms with Crippen LogP contribution >= 0.6 is 11.6 Å². The summed E-state index contributed by atoms with van der Waals surface area (Å²) in [6.07, 6.45) is 3.45. The predicted molar refractivity (Wildman–Crippen MR) is 144 cm³/mol. The third-order valence-corrected chi connectivity index (χ3v) is 8.05. The topological polar surface area (TPSA) is 101 Å². The number of benzene rings is 1. The van der Waals surface area contributed by atoms with E-state index in [1.165, 1.54) is 23.2 Å². The van der Waals surface area contributed by atoms with E-state index in [9.17, 15) is 22.8 Å². The molecule has 13 heteroatoms. The van der Waals surface area contributed by atoms with Crippen LogP contribution < -0.4 is 4.90 Å². The number of carbonyl (C=O) groups is 2. The molecule has 9 nitrogen and oxygen atoms in total. The Kier molecular flexibility index (Phi) is 8.23. The van der Waals surface area contributed by atoms with Crippen LogP contribution in [0, 0.1) is 17.5 Å². The molecule has 2 aliphatic rings. The predicted octanol–water partition coefficient (Wildman–Crippen LogP) is 5.43. The number of likely N-dealkylation sites (tertiary alicyclic amines) is 1. The van der Waals surface area contributed by atoms with Crippen LogP contribution in [0.4, 0.5) is 23.8 Å². The molecule has 218 valence electrons. The number of aryl methyl sites for hydroxylation is 1. The fourth-order valence-electron chi connectivity index (χ4n) is 5.23. The van der Waals surface area contributed by atoms with Gasteiger partial charge < -0.3 is 9.84 Å². The van der Waals surface area contributed by atoms with Gasteiger partial charge in [-0.1, -0.05) is 24.9 Å². The van der Waals surface area contributed by atoms with Crippen LogP contribution in [0.15, 0.2) is 30.5 Å². The number of rotatable bonds is 9. The summed E-state index contributed by atoms with van der Waals surface area (Å²) >= 11 is 6.73. The first-order valence-corrected chi connectivity index (χ1v) is 13.8. The summed E-state index contributed by atoms with van der Waals surface area (Å²) in [4.78, 5) is 31.5. The maximum absolute atomic E-state index is 14.5. The number of unbranched alkanes of at least 4 members (excludes halogenated alkanes) is 1. The Hall–Kier alpha value is -3.64. The van der Waals surface area contributed by atoms with E-state index in [1.807, 2.05) is 6.92 Å². The van der Waals surface area contributed by atoms with Gasteiger partial charge in [0.1, 0.15) is 22.4 Å². The fraction of sp³-hybridized carbons (Fsp3) is 0.429. The van der Waals surface area contributed by atoms with Crippen molar-refractivity contribution >= 4 is 29.5 Å². The van der Waals surface area contributed by atoms with Gasteiger partial charge in [-0.05, 0) is 30.2 Å². The highest BCUT2D eigenvalue weighted by Crippen LogP contribution is 2.36. The summed E-state index contributed by atoms with van der Waals surface area (Å²) in [6, 6.07) is 4.25. The normalized spacial score (nSPS) is 16.9. The number of amides is 1. The van der Waals surface area contributed by atoms with Crippen LogP contribution in [0.3, 0.4) is 0 Å². The Morgan fingerprint density at radius 1 is 1.15 bits per heavy atom. The number of anilines is 1. The highest BCUT2D eigenvalue weighted by molar-refractivity contribution is 6.30. The van der Waals surface area contributed by atoms with E-state index >= 15 is 0 Å². The van der Waals surface area contributed by atoms with E-state index in [2.05, 4.69) is 15.0 Å². The fourth-order valence-corrected chi connectivity index (χ4v) is 5.52. The summed E-state index contributed by atoms with van der Waals surface area (Å²) in [5.41, 5.74) is 0.476. The Labute approximate surface area is 239 Å². The molecular weight excluding hydrogens is 563 g/mol. The van der Waals surface area contributed by atoms with Crippen LogP contribution in [0.25, 0.3) is 0 Å². The minimum atomic E-state index is -1.25. The molecule has 4 heterocycles. The van der Waals surface area contributed by atoms with E-state index in [1.54, 1.807) is 4.68 Å². The SMILES string of the molecule is CCCCn1nc(Cc2cc(F)c(F)cc2F)c(CN2CCC3(CC2)CN(c2ccc(C(=O)O)cn2)C(=O)O3)c1Cl. The maximum Gasteiger partial charge on any atom is 0.416 e. The second-order valence-electron chi connectivity index (χ2n) is 10.5. The molecule has 1 N–H and O–H groups in total. The van der Waals surface area contributed by atoms with Crippen molar-refractivity contribution in [2.24, 2.45) is 0 Å². The molecular formula is C28H29ClF3N5O4. The van der Waals surface area contributed by atoms with Crippen LogP contribution in [-0.4, -0.2) is 62.1 Å². The highest BCUT2D eigenvalue weighted by Gasteiger charge is 2.48. The zero-order chi connectivity index (χ0) is 29.3. The summed E-state index contributed by atoms with van der Waals surface area (Å²) in [7, 11) is 0. The lowest BCUT2D eigenvalue weighted by atomic mass is 9.91. The van der Waals surface area contributed by atoms with Crippen LogP contribution in [-0.2, 0) is 24.2 Å². The van der Waals surface area contributed by atoms with Gasteiger partial charge in [-0.3, -0.25) is 14.5 Å². The second-order valence-corrected chi connectivity index (χ2v) is 10.8. The lowest BCUT2D eigenvalue weighted by Gasteiger charge is -2.37. The van der Waals surface area contributed by atoms with E-state index in [-0.39, 0.29) is 24.1 Å². The molecule has 0 bridgehead atoms. The lowest BCUT2D eigenvalue weighted by Crippen LogP contribution is -2.46. The zero-order valence-corrected chi connectivity index (χ0v) is 23.1. The van der Waals surface area contributed by atoms with Crippen molar-refractivity contribution in [1.82, 2.24) is 19.7 Å². The number of halogens is 4. The van der Waals surface area contributed by atoms with Gasteiger partial charge in [0.05, 0.1) is 17.8 Å². The minimum absolute atomic E-state index is 0.0116. The molecule has 0 saturated carbocycles. The molecule has 2 saturated heterocycles. The van der Waals surface area contributed by atoms with Crippen molar-refractivity contribution in [3.63, 3.8) is 0 Å². The van der Waals surface area contributed by atoms with Crippen molar-refractivity contribution in [3.8, 4) is 0 Å².